The van der Waals surface area contributed by atoms with E-state index in [1.54, 1.807) is 12.1 Å². The molecule has 2 amide bonds. The van der Waals surface area contributed by atoms with Crippen molar-refractivity contribution in [2.45, 2.75) is 57.0 Å². The Morgan fingerprint density at radius 2 is 1.97 bits per heavy atom. The first-order valence-electron chi connectivity index (χ1n) is 10.6. The minimum Gasteiger partial charge on any atom is -0.354 e. The van der Waals surface area contributed by atoms with Gasteiger partial charge in [0.15, 0.2) is 0 Å². The number of benzene rings is 1. The summed E-state index contributed by atoms with van der Waals surface area (Å²) < 4.78 is 13.0. The number of amides is 2. The lowest BCUT2D eigenvalue weighted by Crippen LogP contribution is -2.66. The summed E-state index contributed by atoms with van der Waals surface area (Å²) in [5.41, 5.74) is 1.04. The third-order valence-corrected chi connectivity index (χ3v) is 6.69. The first-order valence-corrected chi connectivity index (χ1v) is 10.6. The molecule has 3 aliphatic heterocycles. The number of nitrogens with one attached hydrogen (secondary N) is 2. The number of carbonyl (C=O) groups excluding carboxylic acids is 2. The number of piperidine rings is 3. The largest absolute Gasteiger partial charge is 0.354 e. The molecule has 0 aliphatic carbocycles. The highest BCUT2D eigenvalue weighted by Crippen LogP contribution is 2.39. The first-order chi connectivity index (χ1) is 13.6. The van der Waals surface area contributed by atoms with Gasteiger partial charge in [0, 0.05) is 32.0 Å². The fraction of sp³-hybridized carbons (Fsp3) is 0.636. The van der Waals surface area contributed by atoms with Gasteiger partial charge in [0.1, 0.15) is 5.82 Å². The third kappa shape index (κ3) is 5.10. The Morgan fingerprint density at radius 3 is 2.76 bits per heavy atom. The second kappa shape index (κ2) is 9.90. The molecular weight excluding hydrogens is 393 g/mol. The highest BCUT2D eigenvalue weighted by Gasteiger charge is 2.47. The first kappa shape index (κ1) is 22.0. The van der Waals surface area contributed by atoms with E-state index in [0.29, 0.717) is 37.3 Å². The van der Waals surface area contributed by atoms with E-state index >= 15 is 0 Å². The Morgan fingerprint density at radius 1 is 1.21 bits per heavy atom. The third-order valence-electron chi connectivity index (χ3n) is 6.69. The fourth-order valence-corrected chi connectivity index (χ4v) is 5.31. The molecule has 2 N–H and O–H groups in total. The lowest BCUT2D eigenvalue weighted by molar-refractivity contribution is -0.149. The molecule has 3 heterocycles. The molecule has 0 unspecified atom stereocenters. The fourth-order valence-electron chi connectivity index (χ4n) is 5.31. The zero-order valence-electron chi connectivity index (χ0n) is 16.7. The smallest absolute Gasteiger partial charge is 0.223 e. The lowest BCUT2D eigenvalue weighted by Gasteiger charge is -2.54. The van der Waals surface area contributed by atoms with Crippen molar-refractivity contribution in [1.82, 2.24) is 15.5 Å². The number of hydrogen-bond donors (Lipinski definition) is 2. The molecule has 1 aromatic rings. The quantitative estimate of drug-likeness (QED) is 0.739. The molecular formula is C22H31ClFN3O2. The zero-order valence-corrected chi connectivity index (χ0v) is 17.6. The van der Waals surface area contributed by atoms with Gasteiger partial charge in [0.05, 0.1) is 6.04 Å². The summed E-state index contributed by atoms with van der Waals surface area (Å²) in [5, 5.41) is 6.62. The van der Waals surface area contributed by atoms with Crippen LogP contribution >= 0.6 is 12.4 Å². The van der Waals surface area contributed by atoms with Crippen LogP contribution in [-0.2, 0) is 16.0 Å². The summed E-state index contributed by atoms with van der Waals surface area (Å²) in [5.74, 6) is 1.05. The van der Waals surface area contributed by atoms with Crippen molar-refractivity contribution < 1.29 is 14.0 Å². The molecule has 1 aromatic carbocycles. The molecule has 3 fully saturated rings. The summed E-state index contributed by atoms with van der Waals surface area (Å²) in [7, 11) is 0. The van der Waals surface area contributed by atoms with Gasteiger partial charge in [-0.1, -0.05) is 12.1 Å². The number of aryl methyl sites for hydroxylation is 1. The van der Waals surface area contributed by atoms with Crippen LogP contribution in [0.15, 0.2) is 24.3 Å². The highest BCUT2D eigenvalue weighted by atomic mass is 35.5. The molecule has 0 saturated carbocycles. The topological polar surface area (TPSA) is 61.4 Å². The van der Waals surface area contributed by atoms with Crippen LogP contribution in [0.3, 0.4) is 0 Å². The molecule has 4 atom stereocenters. The molecule has 3 saturated heterocycles. The second-order valence-electron chi connectivity index (χ2n) is 8.53. The summed E-state index contributed by atoms with van der Waals surface area (Å²) in [6.45, 7) is 2.49. The highest BCUT2D eigenvalue weighted by molar-refractivity contribution is 5.85. The van der Waals surface area contributed by atoms with E-state index in [4.69, 9.17) is 0 Å². The molecule has 160 valence electrons. The molecule has 3 aliphatic rings. The number of hydrogen-bond acceptors (Lipinski definition) is 3. The number of rotatable bonds is 6. The van der Waals surface area contributed by atoms with Crippen molar-refractivity contribution in [3.63, 3.8) is 0 Å². The Labute approximate surface area is 178 Å². The van der Waals surface area contributed by atoms with Crippen LogP contribution in [0.1, 0.15) is 44.1 Å². The number of fused-ring (bicyclic) bond motifs is 4. The summed E-state index contributed by atoms with van der Waals surface area (Å²) in [6.07, 6.45) is 5.83. The molecule has 7 heteroatoms. The molecule has 0 aromatic heterocycles. The van der Waals surface area contributed by atoms with Crippen molar-refractivity contribution in [2.75, 3.05) is 19.6 Å². The van der Waals surface area contributed by atoms with Crippen LogP contribution in [0.25, 0.3) is 0 Å². The average molecular weight is 424 g/mol. The minimum absolute atomic E-state index is 0. The predicted octanol–water partition coefficient (Wildman–Crippen LogP) is 2.68. The summed E-state index contributed by atoms with van der Waals surface area (Å²) in [6, 6.07) is 6.90. The summed E-state index contributed by atoms with van der Waals surface area (Å²) in [4.78, 5) is 27.1. The van der Waals surface area contributed by atoms with Crippen molar-refractivity contribution in [3.05, 3.63) is 35.6 Å². The number of nitrogens with zero attached hydrogens (tertiary/aromatic N) is 1. The Hall–Kier alpha value is -1.66. The van der Waals surface area contributed by atoms with Crippen molar-refractivity contribution in [1.29, 1.82) is 0 Å². The van der Waals surface area contributed by atoms with E-state index in [9.17, 15) is 14.0 Å². The Balaban J connectivity index is 0.00000240. The predicted molar refractivity (Wildman–Crippen MR) is 112 cm³/mol. The van der Waals surface area contributed by atoms with Crippen LogP contribution < -0.4 is 10.6 Å². The van der Waals surface area contributed by atoms with Crippen molar-refractivity contribution in [2.24, 2.45) is 11.8 Å². The summed E-state index contributed by atoms with van der Waals surface area (Å²) >= 11 is 0. The van der Waals surface area contributed by atoms with Crippen LogP contribution in [0.2, 0.25) is 0 Å². The van der Waals surface area contributed by atoms with Crippen molar-refractivity contribution in [3.8, 4) is 0 Å². The van der Waals surface area contributed by atoms with Crippen LogP contribution in [0, 0.1) is 17.7 Å². The molecule has 0 radical (unpaired) electrons. The van der Waals surface area contributed by atoms with E-state index in [-0.39, 0.29) is 36.1 Å². The molecule has 0 spiro atoms. The standard InChI is InChI=1S/C22H30FN3O2.ClH/c23-18-9-7-15(8-10-18)3-1-5-21(27)25-14-20-17-11-16(12-24-13-17)19-4-2-6-22(28)26(19)20;/h7-10,16-17,19-20,24H,1-6,11-14H2,(H,25,27);1H/t16-,17+,19+,20+;/m1./s1. The molecule has 29 heavy (non-hydrogen) atoms. The van der Waals surface area contributed by atoms with E-state index in [0.717, 1.165) is 50.8 Å². The van der Waals surface area contributed by atoms with E-state index in [1.807, 2.05) is 0 Å². The van der Waals surface area contributed by atoms with Gasteiger partial charge in [-0.15, -0.1) is 12.4 Å². The maximum Gasteiger partial charge on any atom is 0.223 e. The van der Waals surface area contributed by atoms with Gasteiger partial charge >= 0.3 is 0 Å². The average Bonchev–Trinajstić information content (AvgIpc) is 2.70. The second-order valence-corrected chi connectivity index (χ2v) is 8.53. The van der Waals surface area contributed by atoms with E-state index in [1.165, 1.54) is 12.1 Å². The van der Waals surface area contributed by atoms with Gasteiger partial charge in [-0.2, -0.15) is 0 Å². The van der Waals surface area contributed by atoms with Gasteiger partial charge in [0.2, 0.25) is 11.8 Å². The van der Waals surface area contributed by atoms with Gasteiger partial charge in [-0.3, -0.25) is 9.59 Å². The lowest BCUT2D eigenvalue weighted by atomic mass is 9.72. The number of carbonyl (C=O) groups is 2. The monoisotopic (exact) mass is 423 g/mol. The van der Waals surface area contributed by atoms with Crippen LogP contribution in [0.4, 0.5) is 4.39 Å². The maximum atomic E-state index is 13.0. The van der Waals surface area contributed by atoms with E-state index < -0.39 is 0 Å². The molecule has 4 rings (SSSR count). The molecule has 5 nitrogen and oxygen atoms in total. The van der Waals surface area contributed by atoms with Crippen molar-refractivity contribution >= 4 is 24.2 Å². The normalized spacial score (nSPS) is 28.3. The van der Waals surface area contributed by atoms with Gasteiger partial charge in [0.25, 0.3) is 0 Å². The van der Waals surface area contributed by atoms with Crippen LogP contribution in [0.5, 0.6) is 0 Å². The van der Waals surface area contributed by atoms with Gasteiger partial charge < -0.3 is 15.5 Å². The van der Waals surface area contributed by atoms with Crippen LogP contribution in [-0.4, -0.2) is 48.4 Å². The Bertz CT molecular complexity index is 715. The molecule has 2 bridgehead atoms. The minimum atomic E-state index is -0.237. The van der Waals surface area contributed by atoms with Gasteiger partial charge in [-0.05, 0) is 68.2 Å². The zero-order chi connectivity index (χ0) is 19.5. The Kier molecular flexibility index (Phi) is 7.52. The SMILES string of the molecule is Cl.O=C(CCCc1ccc(F)cc1)NC[C@H]1[C@@H]2CNC[C@@H](C2)[C@@H]2CCCC(=O)N21. The van der Waals surface area contributed by atoms with Gasteiger partial charge in [-0.25, -0.2) is 4.39 Å². The number of halogens is 2. The van der Waals surface area contributed by atoms with E-state index in [2.05, 4.69) is 15.5 Å². The maximum absolute atomic E-state index is 13.0.